The highest BCUT2D eigenvalue weighted by Crippen LogP contribution is 2.33. The lowest BCUT2D eigenvalue weighted by molar-refractivity contribution is 0.443. The van der Waals surface area contributed by atoms with Gasteiger partial charge in [-0.25, -0.2) is 9.97 Å². The Morgan fingerprint density at radius 1 is 0.913 bits per heavy atom. The molecule has 0 N–H and O–H groups in total. The minimum atomic E-state index is 0.764. The van der Waals surface area contributed by atoms with Crippen LogP contribution in [0.15, 0.2) is 36.7 Å². The van der Waals surface area contributed by atoms with E-state index in [4.69, 9.17) is 0 Å². The molecule has 1 saturated carbocycles. The molecule has 1 aromatic heterocycles. The summed E-state index contributed by atoms with van der Waals surface area (Å²) in [6, 6.07) is 8.94. The molecule has 2 heteroatoms. The highest BCUT2D eigenvalue weighted by atomic mass is 14.9. The van der Waals surface area contributed by atoms with Crippen LogP contribution in [-0.2, 0) is 6.42 Å². The Kier molecular flexibility index (Phi) is 5.79. The van der Waals surface area contributed by atoms with E-state index in [-0.39, 0.29) is 0 Å². The summed E-state index contributed by atoms with van der Waals surface area (Å²) in [5.74, 6) is 1.61. The number of hydrogen-bond acceptors (Lipinski definition) is 2. The number of rotatable bonds is 6. The quantitative estimate of drug-likeness (QED) is 0.619. The van der Waals surface area contributed by atoms with Crippen LogP contribution >= 0.6 is 0 Å². The zero-order valence-corrected chi connectivity index (χ0v) is 14.3. The van der Waals surface area contributed by atoms with Gasteiger partial charge in [0.1, 0.15) is 0 Å². The predicted octanol–water partition coefficient (Wildman–Crippen LogP) is 5.92. The highest BCUT2D eigenvalue weighted by Gasteiger charge is 2.15. The zero-order valence-electron chi connectivity index (χ0n) is 14.3. The maximum absolute atomic E-state index is 4.56. The molecule has 2 nitrogen and oxygen atoms in total. The molecule has 0 bridgehead atoms. The zero-order chi connectivity index (χ0) is 15.9. The first-order valence-electron chi connectivity index (χ1n) is 9.28. The normalized spacial score (nSPS) is 15.7. The van der Waals surface area contributed by atoms with Crippen LogP contribution in [0.1, 0.15) is 75.3 Å². The second-order valence-electron chi connectivity index (χ2n) is 6.83. The van der Waals surface area contributed by atoms with E-state index >= 15 is 0 Å². The largest absolute Gasteiger partial charge is 0.236 e. The summed E-state index contributed by atoms with van der Waals surface area (Å²) < 4.78 is 0. The van der Waals surface area contributed by atoms with Crippen molar-refractivity contribution >= 4 is 0 Å². The molecule has 1 fully saturated rings. The van der Waals surface area contributed by atoms with E-state index in [2.05, 4.69) is 41.2 Å². The van der Waals surface area contributed by atoms with Crippen LogP contribution in [0.5, 0.6) is 0 Å². The van der Waals surface area contributed by atoms with E-state index in [0.29, 0.717) is 0 Å². The predicted molar refractivity (Wildman–Crippen MR) is 96.5 cm³/mol. The van der Waals surface area contributed by atoms with Gasteiger partial charge in [0.15, 0.2) is 5.82 Å². The van der Waals surface area contributed by atoms with Crippen LogP contribution in [0.25, 0.3) is 11.4 Å². The molecular weight excluding hydrogens is 280 g/mol. The van der Waals surface area contributed by atoms with Gasteiger partial charge in [-0.3, -0.25) is 0 Å². The summed E-state index contributed by atoms with van der Waals surface area (Å²) in [6.07, 6.45) is 15.7. The molecule has 0 saturated heterocycles. The van der Waals surface area contributed by atoms with Crippen molar-refractivity contribution in [3.8, 4) is 11.4 Å². The SMILES string of the molecule is CCCCCc1cnc(-c2ccc(C3CCCCC3)cc2)nc1. The molecule has 0 aliphatic heterocycles. The lowest BCUT2D eigenvalue weighted by Gasteiger charge is -2.22. The fourth-order valence-corrected chi connectivity index (χ4v) is 3.55. The molecule has 0 atom stereocenters. The number of hydrogen-bond donors (Lipinski definition) is 0. The van der Waals surface area contributed by atoms with Crippen molar-refractivity contribution in [3.63, 3.8) is 0 Å². The summed E-state index contributed by atoms with van der Waals surface area (Å²) >= 11 is 0. The first-order valence-corrected chi connectivity index (χ1v) is 9.28. The van der Waals surface area contributed by atoms with E-state index in [1.165, 1.54) is 62.5 Å². The molecule has 1 aliphatic carbocycles. The fourth-order valence-electron chi connectivity index (χ4n) is 3.55. The Morgan fingerprint density at radius 2 is 1.61 bits per heavy atom. The van der Waals surface area contributed by atoms with Gasteiger partial charge in [-0.2, -0.15) is 0 Å². The van der Waals surface area contributed by atoms with Crippen LogP contribution in [-0.4, -0.2) is 9.97 Å². The Labute approximate surface area is 140 Å². The number of aromatic nitrogens is 2. The summed E-state index contributed by atoms with van der Waals surface area (Å²) in [5.41, 5.74) is 3.87. The van der Waals surface area contributed by atoms with Crippen molar-refractivity contribution in [2.24, 2.45) is 0 Å². The molecule has 23 heavy (non-hydrogen) atoms. The molecule has 0 amide bonds. The van der Waals surface area contributed by atoms with Crippen LogP contribution in [0.3, 0.4) is 0 Å². The molecule has 122 valence electrons. The summed E-state index contributed by atoms with van der Waals surface area (Å²) in [6.45, 7) is 2.23. The van der Waals surface area contributed by atoms with Gasteiger partial charge in [0.05, 0.1) is 0 Å². The maximum atomic E-state index is 4.56. The third-order valence-electron chi connectivity index (χ3n) is 5.02. The van der Waals surface area contributed by atoms with Gasteiger partial charge < -0.3 is 0 Å². The molecular formula is C21H28N2. The smallest absolute Gasteiger partial charge is 0.159 e. The molecule has 1 aliphatic rings. The Balaban J connectivity index is 1.64. The summed E-state index contributed by atoms with van der Waals surface area (Å²) in [4.78, 5) is 9.12. The van der Waals surface area contributed by atoms with Crippen LogP contribution in [0.2, 0.25) is 0 Å². The van der Waals surface area contributed by atoms with Crippen molar-refractivity contribution < 1.29 is 0 Å². The second-order valence-corrected chi connectivity index (χ2v) is 6.83. The second kappa shape index (κ2) is 8.24. The monoisotopic (exact) mass is 308 g/mol. The van der Waals surface area contributed by atoms with Crippen molar-refractivity contribution in [2.45, 2.75) is 70.6 Å². The summed E-state index contributed by atoms with van der Waals surface area (Å²) in [7, 11) is 0. The van der Waals surface area contributed by atoms with Gasteiger partial charge in [0.2, 0.25) is 0 Å². The van der Waals surface area contributed by atoms with Crippen molar-refractivity contribution in [1.82, 2.24) is 9.97 Å². The average molecular weight is 308 g/mol. The van der Waals surface area contributed by atoms with Gasteiger partial charge >= 0.3 is 0 Å². The van der Waals surface area contributed by atoms with Gasteiger partial charge in [-0.15, -0.1) is 0 Å². The number of unbranched alkanes of at least 4 members (excludes halogenated alkanes) is 2. The first kappa shape index (κ1) is 16.2. The van der Waals surface area contributed by atoms with E-state index in [0.717, 1.165) is 23.7 Å². The van der Waals surface area contributed by atoms with Crippen molar-refractivity contribution in [3.05, 3.63) is 47.8 Å². The topological polar surface area (TPSA) is 25.8 Å². The van der Waals surface area contributed by atoms with E-state index in [1.807, 2.05) is 12.4 Å². The third kappa shape index (κ3) is 4.40. The van der Waals surface area contributed by atoms with Crippen molar-refractivity contribution in [1.29, 1.82) is 0 Å². The van der Waals surface area contributed by atoms with E-state index in [1.54, 1.807) is 0 Å². The fraction of sp³-hybridized carbons (Fsp3) is 0.524. The summed E-state index contributed by atoms with van der Waals surface area (Å²) in [5, 5.41) is 0. The highest BCUT2D eigenvalue weighted by molar-refractivity contribution is 5.55. The average Bonchev–Trinajstić information content (AvgIpc) is 2.63. The lowest BCUT2D eigenvalue weighted by Crippen LogP contribution is -2.04. The first-order chi connectivity index (χ1) is 11.4. The molecule has 3 rings (SSSR count). The van der Waals surface area contributed by atoms with Crippen molar-refractivity contribution in [2.75, 3.05) is 0 Å². The molecule has 2 aromatic rings. The maximum Gasteiger partial charge on any atom is 0.159 e. The van der Waals surface area contributed by atoms with Gasteiger partial charge in [-0.1, -0.05) is 63.3 Å². The molecule has 0 radical (unpaired) electrons. The Hall–Kier alpha value is -1.70. The lowest BCUT2D eigenvalue weighted by atomic mass is 9.84. The van der Waals surface area contributed by atoms with Crippen LogP contribution in [0, 0.1) is 0 Å². The minimum Gasteiger partial charge on any atom is -0.236 e. The number of benzene rings is 1. The van der Waals surface area contributed by atoms with Crippen LogP contribution in [0.4, 0.5) is 0 Å². The standard InChI is InChI=1S/C21H28N2/c1-2-3-5-8-17-15-22-21(23-16-17)20-13-11-19(12-14-20)18-9-6-4-7-10-18/h11-16,18H,2-10H2,1H3. The third-order valence-corrected chi connectivity index (χ3v) is 5.02. The van der Waals surface area contributed by atoms with E-state index in [9.17, 15) is 0 Å². The minimum absolute atomic E-state index is 0.764. The number of aryl methyl sites for hydroxylation is 1. The molecule has 0 spiro atoms. The van der Waals surface area contributed by atoms with E-state index < -0.39 is 0 Å². The van der Waals surface area contributed by atoms with Gasteiger partial charge in [-0.05, 0) is 42.7 Å². The molecule has 1 aromatic carbocycles. The number of nitrogens with zero attached hydrogens (tertiary/aromatic N) is 2. The Morgan fingerprint density at radius 3 is 2.26 bits per heavy atom. The van der Waals surface area contributed by atoms with Gasteiger partial charge in [0.25, 0.3) is 0 Å². The van der Waals surface area contributed by atoms with Crippen LogP contribution < -0.4 is 0 Å². The molecule has 0 unspecified atom stereocenters. The molecule has 1 heterocycles. The van der Waals surface area contributed by atoms with Gasteiger partial charge in [0, 0.05) is 18.0 Å². The Bertz CT molecular complexity index is 580.